The highest BCUT2D eigenvalue weighted by Crippen LogP contribution is 2.25. The van der Waals surface area contributed by atoms with Crippen LogP contribution in [0.4, 0.5) is 0 Å². The molecule has 1 unspecified atom stereocenters. The molecule has 84 valence electrons. The summed E-state index contributed by atoms with van der Waals surface area (Å²) < 4.78 is 2.03. The van der Waals surface area contributed by atoms with E-state index in [0.717, 1.165) is 19.4 Å². The van der Waals surface area contributed by atoms with Crippen LogP contribution in [0.2, 0.25) is 0 Å². The van der Waals surface area contributed by atoms with Crippen molar-refractivity contribution in [2.24, 2.45) is 0 Å². The minimum absolute atomic E-state index is 0.499. The highest BCUT2D eigenvalue weighted by molar-refractivity contribution is 14.1. The van der Waals surface area contributed by atoms with Gasteiger partial charge in [-0.25, -0.2) is 4.98 Å². The quantitative estimate of drug-likeness (QED) is 0.788. The van der Waals surface area contributed by atoms with E-state index in [1.807, 2.05) is 18.2 Å². The topological polar surface area (TPSA) is 48.9 Å². The fourth-order valence-electron chi connectivity index (χ4n) is 1.47. The monoisotopic (exact) mass is 392 g/mol. The average molecular weight is 393 g/mol. The van der Waals surface area contributed by atoms with Gasteiger partial charge in [0.1, 0.15) is 5.82 Å². The summed E-state index contributed by atoms with van der Waals surface area (Å²) in [5.41, 5.74) is 0.923. The Morgan fingerprint density at radius 3 is 3.00 bits per heavy atom. The average Bonchev–Trinajstić information content (AvgIpc) is 2.74. The van der Waals surface area contributed by atoms with Crippen LogP contribution >= 0.6 is 38.5 Å². The second-order valence-corrected chi connectivity index (χ2v) is 5.50. The van der Waals surface area contributed by atoms with E-state index in [1.54, 1.807) is 12.4 Å². The van der Waals surface area contributed by atoms with Crippen LogP contribution in [0.15, 0.2) is 35.1 Å². The number of aliphatic hydroxyl groups excluding tert-OH is 1. The Balaban J connectivity index is 2.20. The van der Waals surface area contributed by atoms with Crippen LogP contribution in [0.3, 0.4) is 0 Å². The molecule has 0 saturated carbocycles. The van der Waals surface area contributed by atoms with Gasteiger partial charge in [0, 0.05) is 26.9 Å². The van der Waals surface area contributed by atoms with Crippen molar-refractivity contribution in [2.45, 2.75) is 12.5 Å². The van der Waals surface area contributed by atoms with E-state index in [4.69, 9.17) is 0 Å². The Morgan fingerprint density at radius 1 is 1.50 bits per heavy atom. The number of benzene rings is 1. The Kier molecular flexibility index (Phi) is 3.99. The molecule has 3 nitrogen and oxygen atoms in total. The lowest BCUT2D eigenvalue weighted by molar-refractivity contribution is 0.175. The molecule has 0 saturated heterocycles. The Morgan fingerprint density at radius 2 is 2.31 bits per heavy atom. The fraction of sp³-hybridized carbons (Fsp3) is 0.182. The van der Waals surface area contributed by atoms with Gasteiger partial charge in [0.05, 0.1) is 6.10 Å². The van der Waals surface area contributed by atoms with Gasteiger partial charge in [-0.05, 0) is 46.4 Å². The number of nitrogens with zero attached hydrogens (tertiary/aromatic N) is 1. The first-order valence-corrected chi connectivity index (χ1v) is 6.65. The van der Waals surface area contributed by atoms with Crippen molar-refractivity contribution in [3.05, 3.63) is 50.0 Å². The van der Waals surface area contributed by atoms with Gasteiger partial charge in [0.15, 0.2) is 0 Å². The molecule has 2 rings (SSSR count). The molecule has 2 N–H and O–H groups in total. The van der Waals surface area contributed by atoms with E-state index in [0.29, 0.717) is 6.42 Å². The Hall–Kier alpha value is -0.400. The molecule has 0 aliphatic heterocycles. The summed E-state index contributed by atoms with van der Waals surface area (Å²) >= 11 is 5.63. The first-order valence-electron chi connectivity index (χ1n) is 4.78. The predicted molar refractivity (Wildman–Crippen MR) is 74.1 cm³/mol. The lowest BCUT2D eigenvalue weighted by atomic mass is 10.1. The SMILES string of the molecule is OC(Cc1ncc[nH]1)c1cc(Br)ccc1I. The van der Waals surface area contributed by atoms with E-state index in [-0.39, 0.29) is 0 Å². The van der Waals surface area contributed by atoms with Crippen LogP contribution in [0.1, 0.15) is 17.5 Å². The number of imidazole rings is 1. The van der Waals surface area contributed by atoms with Gasteiger partial charge in [0.2, 0.25) is 0 Å². The summed E-state index contributed by atoms with van der Waals surface area (Å²) in [4.78, 5) is 7.09. The molecule has 1 heterocycles. The standard InChI is InChI=1S/C11H10BrIN2O/c12-7-1-2-9(13)8(5-7)10(16)6-11-14-3-4-15-11/h1-5,10,16H,6H2,(H,14,15). The van der Waals surface area contributed by atoms with Crippen molar-refractivity contribution in [1.29, 1.82) is 0 Å². The number of aromatic nitrogens is 2. The maximum Gasteiger partial charge on any atom is 0.108 e. The van der Waals surface area contributed by atoms with Crippen LogP contribution < -0.4 is 0 Å². The number of hydrogen-bond acceptors (Lipinski definition) is 2. The third-order valence-electron chi connectivity index (χ3n) is 2.26. The van der Waals surface area contributed by atoms with Crippen molar-refractivity contribution < 1.29 is 5.11 Å². The summed E-state index contributed by atoms with van der Waals surface area (Å²) in [6, 6.07) is 5.88. The Labute approximate surface area is 116 Å². The molecule has 0 fully saturated rings. The molecule has 0 amide bonds. The molecular weight excluding hydrogens is 383 g/mol. The van der Waals surface area contributed by atoms with Gasteiger partial charge < -0.3 is 10.1 Å². The lowest BCUT2D eigenvalue weighted by Gasteiger charge is -2.12. The van der Waals surface area contributed by atoms with Gasteiger partial charge in [0.25, 0.3) is 0 Å². The van der Waals surface area contributed by atoms with Crippen LogP contribution in [-0.4, -0.2) is 15.1 Å². The van der Waals surface area contributed by atoms with Crippen molar-refractivity contribution in [1.82, 2.24) is 9.97 Å². The highest BCUT2D eigenvalue weighted by atomic mass is 127. The van der Waals surface area contributed by atoms with Gasteiger partial charge >= 0.3 is 0 Å². The van der Waals surface area contributed by atoms with Gasteiger partial charge in [-0.15, -0.1) is 0 Å². The second kappa shape index (κ2) is 5.29. The smallest absolute Gasteiger partial charge is 0.108 e. The minimum atomic E-state index is -0.532. The number of halogens is 2. The van der Waals surface area contributed by atoms with Crippen LogP contribution in [0.25, 0.3) is 0 Å². The van der Waals surface area contributed by atoms with Gasteiger partial charge in [-0.1, -0.05) is 15.9 Å². The molecule has 1 aromatic heterocycles. The zero-order chi connectivity index (χ0) is 11.5. The van der Waals surface area contributed by atoms with Crippen LogP contribution in [0, 0.1) is 3.57 Å². The third kappa shape index (κ3) is 2.83. The van der Waals surface area contributed by atoms with Crippen molar-refractivity contribution in [3.63, 3.8) is 0 Å². The summed E-state index contributed by atoms with van der Waals surface area (Å²) in [5, 5.41) is 10.1. The lowest BCUT2D eigenvalue weighted by Crippen LogP contribution is -2.05. The first kappa shape index (κ1) is 12.1. The molecule has 16 heavy (non-hydrogen) atoms. The molecule has 5 heteroatoms. The van der Waals surface area contributed by atoms with Crippen molar-refractivity contribution in [2.75, 3.05) is 0 Å². The fourth-order valence-corrected chi connectivity index (χ4v) is 2.55. The highest BCUT2D eigenvalue weighted by Gasteiger charge is 2.13. The molecule has 0 bridgehead atoms. The zero-order valence-electron chi connectivity index (χ0n) is 8.32. The van der Waals surface area contributed by atoms with Gasteiger partial charge in [-0.2, -0.15) is 0 Å². The number of hydrogen-bond donors (Lipinski definition) is 2. The number of H-pyrrole nitrogens is 1. The largest absolute Gasteiger partial charge is 0.388 e. The summed E-state index contributed by atoms with van der Waals surface area (Å²) in [6.07, 6.45) is 3.41. The van der Waals surface area contributed by atoms with E-state index in [2.05, 4.69) is 48.5 Å². The molecule has 0 spiro atoms. The molecule has 0 aliphatic carbocycles. The maximum atomic E-state index is 10.1. The summed E-state index contributed by atoms with van der Waals surface area (Å²) in [7, 11) is 0. The Bertz CT molecular complexity index is 473. The molecule has 0 radical (unpaired) electrons. The third-order valence-corrected chi connectivity index (χ3v) is 3.73. The molecule has 1 atom stereocenters. The minimum Gasteiger partial charge on any atom is -0.388 e. The van der Waals surface area contributed by atoms with Crippen LogP contribution in [0.5, 0.6) is 0 Å². The first-order chi connectivity index (χ1) is 7.66. The van der Waals surface area contributed by atoms with Crippen molar-refractivity contribution in [3.8, 4) is 0 Å². The van der Waals surface area contributed by atoms with Crippen molar-refractivity contribution >= 4 is 38.5 Å². The number of aliphatic hydroxyl groups is 1. The second-order valence-electron chi connectivity index (χ2n) is 3.42. The molecular formula is C11H10BrIN2O. The number of aromatic amines is 1. The normalized spacial score (nSPS) is 12.7. The number of rotatable bonds is 3. The van der Waals surface area contributed by atoms with Gasteiger partial charge in [-0.3, -0.25) is 0 Å². The van der Waals surface area contributed by atoms with E-state index in [9.17, 15) is 5.11 Å². The molecule has 1 aromatic carbocycles. The molecule has 0 aliphatic rings. The summed E-state index contributed by atoms with van der Waals surface area (Å²) in [6.45, 7) is 0. The predicted octanol–water partition coefficient (Wildman–Crippen LogP) is 3.05. The van der Waals surface area contributed by atoms with E-state index < -0.39 is 6.10 Å². The van der Waals surface area contributed by atoms with Crippen LogP contribution in [-0.2, 0) is 6.42 Å². The molecule has 2 aromatic rings. The van der Waals surface area contributed by atoms with E-state index >= 15 is 0 Å². The zero-order valence-corrected chi connectivity index (χ0v) is 12.1. The van der Waals surface area contributed by atoms with E-state index in [1.165, 1.54) is 0 Å². The summed E-state index contributed by atoms with van der Waals surface area (Å²) in [5.74, 6) is 0.795. The number of nitrogens with one attached hydrogen (secondary N) is 1. The maximum absolute atomic E-state index is 10.1.